The van der Waals surface area contributed by atoms with Crippen molar-refractivity contribution in [2.45, 2.75) is 0 Å². The maximum Gasteiger partial charge on any atom is 0.121 e. The van der Waals surface area contributed by atoms with Crippen LogP contribution in [0.2, 0.25) is 0 Å². The first kappa shape index (κ1) is 12.3. The zero-order valence-corrected chi connectivity index (χ0v) is 11.4. The van der Waals surface area contributed by atoms with E-state index in [2.05, 4.69) is 22.6 Å². The standard InChI is InChI=1S/C15H12FI/c16-11-14(17)15(12-7-3-1-4-8-12)13-9-5-2-6-10-13/h1-10H,11H2. The summed E-state index contributed by atoms with van der Waals surface area (Å²) in [5.74, 6) is 0. The molecule has 2 aromatic rings. The summed E-state index contributed by atoms with van der Waals surface area (Å²) in [6.45, 7) is -0.431. The molecule has 0 saturated carbocycles. The summed E-state index contributed by atoms with van der Waals surface area (Å²) in [6, 6.07) is 19.9. The Kier molecular flexibility index (Phi) is 4.31. The topological polar surface area (TPSA) is 0 Å². The molecule has 2 rings (SSSR count). The molecule has 0 radical (unpaired) electrons. The van der Waals surface area contributed by atoms with Crippen LogP contribution in [-0.2, 0) is 0 Å². The molecular weight excluding hydrogens is 326 g/mol. The van der Waals surface area contributed by atoms with Crippen LogP contribution in [0.5, 0.6) is 0 Å². The van der Waals surface area contributed by atoms with Crippen molar-refractivity contribution >= 4 is 28.2 Å². The fourth-order valence-corrected chi connectivity index (χ4v) is 2.38. The maximum absolute atomic E-state index is 12.9. The normalized spacial score (nSPS) is 10.0. The van der Waals surface area contributed by atoms with Gasteiger partial charge >= 0.3 is 0 Å². The molecule has 0 bridgehead atoms. The van der Waals surface area contributed by atoms with Gasteiger partial charge in [-0.25, -0.2) is 4.39 Å². The molecule has 0 aliphatic heterocycles. The zero-order valence-electron chi connectivity index (χ0n) is 9.24. The van der Waals surface area contributed by atoms with Crippen molar-refractivity contribution in [2.24, 2.45) is 0 Å². The second-order valence-electron chi connectivity index (χ2n) is 3.65. The number of allylic oxidation sites excluding steroid dienone is 1. The molecular formula is C15H12FI. The Morgan fingerprint density at radius 3 is 1.59 bits per heavy atom. The van der Waals surface area contributed by atoms with Crippen molar-refractivity contribution in [3.05, 3.63) is 75.4 Å². The van der Waals surface area contributed by atoms with E-state index in [0.29, 0.717) is 0 Å². The molecule has 0 unspecified atom stereocenters. The van der Waals surface area contributed by atoms with E-state index in [1.54, 1.807) is 0 Å². The number of hydrogen-bond acceptors (Lipinski definition) is 0. The van der Waals surface area contributed by atoms with Gasteiger partial charge in [0.15, 0.2) is 0 Å². The highest BCUT2D eigenvalue weighted by molar-refractivity contribution is 14.1. The van der Waals surface area contributed by atoms with E-state index in [0.717, 1.165) is 20.3 Å². The van der Waals surface area contributed by atoms with Crippen LogP contribution in [0.25, 0.3) is 5.57 Å². The monoisotopic (exact) mass is 338 g/mol. The van der Waals surface area contributed by atoms with Crippen molar-refractivity contribution in [1.82, 2.24) is 0 Å². The fourth-order valence-electron chi connectivity index (χ4n) is 1.76. The van der Waals surface area contributed by atoms with Gasteiger partial charge in [0.25, 0.3) is 0 Å². The van der Waals surface area contributed by atoms with Crippen LogP contribution in [0.15, 0.2) is 64.2 Å². The molecule has 2 heteroatoms. The molecule has 0 nitrogen and oxygen atoms in total. The van der Waals surface area contributed by atoms with E-state index in [1.807, 2.05) is 60.7 Å². The molecule has 0 amide bonds. The molecule has 0 aliphatic rings. The lowest BCUT2D eigenvalue weighted by atomic mass is 9.98. The highest BCUT2D eigenvalue weighted by Gasteiger charge is 2.09. The molecule has 2 aromatic carbocycles. The molecule has 0 saturated heterocycles. The molecule has 0 N–H and O–H groups in total. The lowest BCUT2D eigenvalue weighted by Crippen LogP contribution is -1.91. The minimum absolute atomic E-state index is 0.431. The van der Waals surface area contributed by atoms with Gasteiger partial charge in [0.2, 0.25) is 0 Å². The summed E-state index contributed by atoms with van der Waals surface area (Å²) in [6.07, 6.45) is 0. The van der Waals surface area contributed by atoms with E-state index < -0.39 is 6.67 Å². The van der Waals surface area contributed by atoms with Crippen molar-refractivity contribution in [3.8, 4) is 0 Å². The number of alkyl halides is 1. The van der Waals surface area contributed by atoms with Crippen molar-refractivity contribution in [3.63, 3.8) is 0 Å². The van der Waals surface area contributed by atoms with Gasteiger partial charge in [0, 0.05) is 9.15 Å². The van der Waals surface area contributed by atoms with Crippen LogP contribution in [-0.4, -0.2) is 6.67 Å². The summed E-state index contributed by atoms with van der Waals surface area (Å²) in [5.41, 5.74) is 3.09. The third-order valence-electron chi connectivity index (χ3n) is 2.51. The number of halogens is 2. The highest BCUT2D eigenvalue weighted by atomic mass is 127. The quantitative estimate of drug-likeness (QED) is 0.702. The average Bonchev–Trinajstić information content (AvgIpc) is 2.41. The Bertz CT molecular complexity index is 461. The Morgan fingerprint density at radius 1 is 0.824 bits per heavy atom. The first-order valence-electron chi connectivity index (χ1n) is 5.38. The smallest absolute Gasteiger partial charge is 0.121 e. The lowest BCUT2D eigenvalue weighted by molar-refractivity contribution is 0.560. The van der Waals surface area contributed by atoms with Crippen molar-refractivity contribution < 1.29 is 4.39 Å². The zero-order chi connectivity index (χ0) is 12.1. The van der Waals surface area contributed by atoms with E-state index in [-0.39, 0.29) is 0 Å². The summed E-state index contributed by atoms with van der Waals surface area (Å²) in [7, 11) is 0. The second kappa shape index (κ2) is 5.96. The minimum Gasteiger partial charge on any atom is -0.245 e. The minimum atomic E-state index is -0.431. The highest BCUT2D eigenvalue weighted by Crippen LogP contribution is 2.30. The molecule has 0 heterocycles. The summed E-state index contributed by atoms with van der Waals surface area (Å²) >= 11 is 2.08. The van der Waals surface area contributed by atoms with E-state index in [1.165, 1.54) is 0 Å². The SMILES string of the molecule is FCC(I)=C(c1ccccc1)c1ccccc1. The molecule has 0 spiro atoms. The average molecular weight is 338 g/mol. The molecule has 86 valence electrons. The summed E-state index contributed by atoms with van der Waals surface area (Å²) < 4.78 is 13.7. The van der Waals surface area contributed by atoms with E-state index in [4.69, 9.17) is 0 Å². The third kappa shape index (κ3) is 2.94. The molecule has 0 fully saturated rings. The van der Waals surface area contributed by atoms with Gasteiger partial charge in [-0.2, -0.15) is 0 Å². The summed E-state index contributed by atoms with van der Waals surface area (Å²) in [4.78, 5) is 0. The van der Waals surface area contributed by atoms with Gasteiger partial charge in [-0.3, -0.25) is 0 Å². The van der Waals surface area contributed by atoms with Crippen LogP contribution < -0.4 is 0 Å². The van der Waals surface area contributed by atoms with E-state index >= 15 is 0 Å². The molecule has 0 atom stereocenters. The van der Waals surface area contributed by atoms with Crippen LogP contribution >= 0.6 is 22.6 Å². The van der Waals surface area contributed by atoms with Crippen molar-refractivity contribution in [2.75, 3.05) is 6.67 Å². The van der Waals surface area contributed by atoms with Gasteiger partial charge in [0.05, 0.1) is 0 Å². The lowest BCUT2D eigenvalue weighted by Gasteiger charge is -2.10. The Morgan fingerprint density at radius 2 is 1.24 bits per heavy atom. The van der Waals surface area contributed by atoms with Gasteiger partial charge in [-0.1, -0.05) is 60.7 Å². The Hall–Kier alpha value is -1.16. The predicted molar refractivity (Wildman–Crippen MR) is 78.9 cm³/mol. The fraction of sp³-hybridized carbons (Fsp3) is 0.0667. The summed E-state index contributed by atoms with van der Waals surface area (Å²) in [5, 5.41) is 0. The first-order chi connectivity index (χ1) is 8.33. The van der Waals surface area contributed by atoms with E-state index in [9.17, 15) is 4.39 Å². The van der Waals surface area contributed by atoms with Crippen molar-refractivity contribution in [1.29, 1.82) is 0 Å². The van der Waals surface area contributed by atoms with Crippen LogP contribution in [0, 0.1) is 0 Å². The van der Waals surface area contributed by atoms with Gasteiger partial charge in [0.1, 0.15) is 6.67 Å². The Labute approximate surface area is 114 Å². The number of hydrogen-bond donors (Lipinski definition) is 0. The van der Waals surface area contributed by atoms with Crippen LogP contribution in [0.3, 0.4) is 0 Å². The van der Waals surface area contributed by atoms with Gasteiger partial charge in [-0.05, 0) is 33.7 Å². The third-order valence-corrected chi connectivity index (χ3v) is 3.34. The van der Waals surface area contributed by atoms with Gasteiger partial charge < -0.3 is 0 Å². The molecule has 0 aliphatic carbocycles. The number of rotatable bonds is 3. The first-order valence-corrected chi connectivity index (χ1v) is 6.46. The second-order valence-corrected chi connectivity index (χ2v) is 4.95. The molecule has 0 aromatic heterocycles. The Balaban J connectivity index is 2.56. The van der Waals surface area contributed by atoms with Gasteiger partial charge in [-0.15, -0.1) is 0 Å². The molecule has 17 heavy (non-hydrogen) atoms. The maximum atomic E-state index is 12.9. The van der Waals surface area contributed by atoms with Crippen LogP contribution in [0.4, 0.5) is 4.39 Å². The van der Waals surface area contributed by atoms with Crippen LogP contribution in [0.1, 0.15) is 11.1 Å². The number of benzene rings is 2. The largest absolute Gasteiger partial charge is 0.245 e. The predicted octanol–water partition coefficient (Wildman–Crippen LogP) is 4.85.